The van der Waals surface area contributed by atoms with Crippen LogP contribution in [0, 0.1) is 0 Å². The monoisotopic (exact) mass is 283 g/mol. The Labute approximate surface area is 117 Å². The number of rotatable bonds is 3. The molecule has 0 bridgehead atoms. The van der Waals surface area contributed by atoms with E-state index in [1.54, 1.807) is 4.90 Å². The molecule has 0 aliphatic carbocycles. The molecule has 0 aromatic carbocycles. The van der Waals surface area contributed by atoms with Crippen molar-refractivity contribution < 1.29 is 14.3 Å². The van der Waals surface area contributed by atoms with Gasteiger partial charge in [-0.3, -0.25) is 0 Å². The molecule has 1 aromatic heterocycles. The van der Waals surface area contributed by atoms with Gasteiger partial charge < -0.3 is 14.4 Å². The SMILES string of the molecule is CC(C)(C)OC(=O)N1CCOC(CCc2nn[nH]n2)C1. The Bertz CT molecular complexity index is 429. The fourth-order valence-electron chi connectivity index (χ4n) is 1.96. The molecular formula is C12H21N5O3. The van der Waals surface area contributed by atoms with E-state index in [4.69, 9.17) is 9.47 Å². The summed E-state index contributed by atoms with van der Waals surface area (Å²) < 4.78 is 11.0. The number of H-pyrrole nitrogens is 1. The topological polar surface area (TPSA) is 93.2 Å². The number of hydrogen-bond donors (Lipinski definition) is 1. The molecule has 1 atom stereocenters. The van der Waals surface area contributed by atoms with E-state index in [1.165, 1.54) is 0 Å². The summed E-state index contributed by atoms with van der Waals surface area (Å²) in [7, 11) is 0. The van der Waals surface area contributed by atoms with Gasteiger partial charge in [0.05, 0.1) is 19.3 Å². The van der Waals surface area contributed by atoms with Gasteiger partial charge in [0.25, 0.3) is 0 Å². The predicted octanol–water partition coefficient (Wildman–Crippen LogP) is 0.768. The van der Waals surface area contributed by atoms with Gasteiger partial charge in [-0.2, -0.15) is 5.21 Å². The summed E-state index contributed by atoms with van der Waals surface area (Å²) in [4.78, 5) is 13.7. The minimum Gasteiger partial charge on any atom is -0.444 e. The smallest absolute Gasteiger partial charge is 0.410 e. The molecule has 1 aromatic rings. The third kappa shape index (κ3) is 4.44. The highest BCUT2D eigenvalue weighted by Crippen LogP contribution is 2.15. The number of tetrazole rings is 1. The van der Waals surface area contributed by atoms with Crippen molar-refractivity contribution >= 4 is 6.09 Å². The van der Waals surface area contributed by atoms with E-state index in [0.29, 0.717) is 31.9 Å². The Kier molecular flexibility index (Phi) is 4.53. The van der Waals surface area contributed by atoms with Crippen LogP contribution in [0.15, 0.2) is 0 Å². The Morgan fingerprint density at radius 2 is 2.35 bits per heavy atom. The second kappa shape index (κ2) is 6.17. The minimum atomic E-state index is -0.477. The number of nitrogens with one attached hydrogen (secondary N) is 1. The zero-order chi connectivity index (χ0) is 14.6. The lowest BCUT2D eigenvalue weighted by Crippen LogP contribution is -2.47. The molecule has 1 aliphatic heterocycles. The van der Waals surface area contributed by atoms with E-state index in [1.807, 2.05) is 20.8 Å². The summed E-state index contributed by atoms with van der Waals surface area (Å²) in [6, 6.07) is 0. The minimum absolute atomic E-state index is 0.0187. The number of carbonyl (C=O) groups is 1. The second-order valence-corrected chi connectivity index (χ2v) is 5.79. The number of aromatic amines is 1. The van der Waals surface area contributed by atoms with Gasteiger partial charge in [-0.15, -0.1) is 10.2 Å². The van der Waals surface area contributed by atoms with Crippen LogP contribution < -0.4 is 0 Å². The maximum absolute atomic E-state index is 12.0. The molecule has 0 saturated carbocycles. The van der Waals surface area contributed by atoms with Crippen molar-refractivity contribution in [1.82, 2.24) is 25.5 Å². The van der Waals surface area contributed by atoms with E-state index >= 15 is 0 Å². The highest BCUT2D eigenvalue weighted by molar-refractivity contribution is 5.68. The fraction of sp³-hybridized carbons (Fsp3) is 0.833. The first kappa shape index (κ1) is 14.7. The average molecular weight is 283 g/mol. The van der Waals surface area contributed by atoms with Gasteiger partial charge in [0.2, 0.25) is 0 Å². The van der Waals surface area contributed by atoms with E-state index in [2.05, 4.69) is 20.6 Å². The molecule has 1 aliphatic rings. The zero-order valence-electron chi connectivity index (χ0n) is 12.1. The molecule has 1 amide bonds. The van der Waals surface area contributed by atoms with Crippen molar-refractivity contribution in [1.29, 1.82) is 0 Å². The molecule has 0 spiro atoms. The summed E-state index contributed by atoms with van der Waals surface area (Å²) in [6.07, 6.45) is 1.11. The Hall–Kier alpha value is -1.70. The van der Waals surface area contributed by atoms with Crippen molar-refractivity contribution in [3.8, 4) is 0 Å². The standard InChI is InChI=1S/C12H21N5O3/c1-12(2,3)20-11(18)17-6-7-19-9(8-17)4-5-10-13-15-16-14-10/h9H,4-8H2,1-3H3,(H,13,14,15,16). The van der Waals surface area contributed by atoms with Crippen molar-refractivity contribution in [2.75, 3.05) is 19.7 Å². The van der Waals surface area contributed by atoms with Gasteiger partial charge in [0.15, 0.2) is 5.82 Å². The number of ether oxygens (including phenoxy) is 2. The Morgan fingerprint density at radius 1 is 1.55 bits per heavy atom. The molecule has 1 fully saturated rings. The van der Waals surface area contributed by atoms with Gasteiger partial charge in [0.1, 0.15) is 5.60 Å². The quantitative estimate of drug-likeness (QED) is 0.880. The number of nitrogens with zero attached hydrogens (tertiary/aromatic N) is 4. The summed E-state index contributed by atoms with van der Waals surface area (Å²) in [6.45, 7) is 7.20. The second-order valence-electron chi connectivity index (χ2n) is 5.79. The third-order valence-electron chi connectivity index (χ3n) is 2.87. The molecule has 0 radical (unpaired) electrons. The number of aryl methyl sites for hydroxylation is 1. The maximum atomic E-state index is 12.0. The first-order valence-corrected chi connectivity index (χ1v) is 6.76. The van der Waals surface area contributed by atoms with Gasteiger partial charge in [-0.25, -0.2) is 4.79 Å². The van der Waals surface area contributed by atoms with Gasteiger partial charge >= 0.3 is 6.09 Å². The molecule has 112 valence electrons. The van der Waals surface area contributed by atoms with Crippen LogP contribution in [0.3, 0.4) is 0 Å². The number of morpholine rings is 1. The number of hydrogen-bond acceptors (Lipinski definition) is 6. The maximum Gasteiger partial charge on any atom is 0.410 e. The Morgan fingerprint density at radius 3 is 3.00 bits per heavy atom. The van der Waals surface area contributed by atoms with Crippen LogP contribution in [0.1, 0.15) is 33.0 Å². The largest absolute Gasteiger partial charge is 0.444 e. The molecule has 1 unspecified atom stereocenters. The lowest BCUT2D eigenvalue weighted by Gasteiger charge is -2.34. The summed E-state index contributed by atoms with van der Waals surface area (Å²) >= 11 is 0. The number of carbonyl (C=O) groups excluding carboxylic acids is 1. The molecule has 8 nitrogen and oxygen atoms in total. The third-order valence-corrected chi connectivity index (χ3v) is 2.87. The van der Waals surface area contributed by atoms with Gasteiger partial charge in [-0.1, -0.05) is 5.21 Å². The van der Waals surface area contributed by atoms with Gasteiger partial charge in [0, 0.05) is 13.0 Å². The summed E-state index contributed by atoms with van der Waals surface area (Å²) in [5.41, 5.74) is -0.477. The van der Waals surface area contributed by atoms with Crippen molar-refractivity contribution in [2.24, 2.45) is 0 Å². The van der Waals surface area contributed by atoms with E-state index in [9.17, 15) is 4.79 Å². The van der Waals surface area contributed by atoms with Gasteiger partial charge in [-0.05, 0) is 27.2 Å². The van der Waals surface area contributed by atoms with Crippen LogP contribution in [0.25, 0.3) is 0 Å². The van der Waals surface area contributed by atoms with E-state index < -0.39 is 5.60 Å². The first-order valence-electron chi connectivity index (χ1n) is 6.76. The lowest BCUT2D eigenvalue weighted by molar-refractivity contribution is -0.0444. The van der Waals surface area contributed by atoms with Crippen LogP contribution in [-0.2, 0) is 15.9 Å². The first-order chi connectivity index (χ1) is 9.44. The molecular weight excluding hydrogens is 262 g/mol. The number of amides is 1. The zero-order valence-corrected chi connectivity index (χ0v) is 12.1. The van der Waals surface area contributed by atoms with Crippen LogP contribution in [-0.4, -0.2) is 63.0 Å². The number of aromatic nitrogens is 4. The van der Waals surface area contributed by atoms with Crippen LogP contribution in [0.2, 0.25) is 0 Å². The lowest BCUT2D eigenvalue weighted by atomic mass is 10.1. The normalized spacial score (nSPS) is 19.9. The van der Waals surface area contributed by atoms with Crippen molar-refractivity contribution in [2.45, 2.75) is 45.3 Å². The highest BCUT2D eigenvalue weighted by atomic mass is 16.6. The molecule has 20 heavy (non-hydrogen) atoms. The Balaban J connectivity index is 1.80. The summed E-state index contributed by atoms with van der Waals surface area (Å²) in [5.74, 6) is 0.656. The molecule has 2 rings (SSSR count). The highest BCUT2D eigenvalue weighted by Gasteiger charge is 2.28. The summed E-state index contributed by atoms with van der Waals surface area (Å²) in [5, 5.41) is 13.7. The van der Waals surface area contributed by atoms with Crippen LogP contribution >= 0.6 is 0 Å². The predicted molar refractivity (Wildman–Crippen MR) is 70.0 cm³/mol. The molecule has 1 N–H and O–H groups in total. The van der Waals surface area contributed by atoms with E-state index in [0.717, 1.165) is 6.42 Å². The van der Waals surface area contributed by atoms with E-state index in [-0.39, 0.29) is 12.2 Å². The molecule has 1 saturated heterocycles. The van der Waals surface area contributed by atoms with Crippen LogP contribution in [0.5, 0.6) is 0 Å². The average Bonchev–Trinajstić information content (AvgIpc) is 2.88. The molecule has 8 heteroatoms. The van der Waals surface area contributed by atoms with Crippen LogP contribution in [0.4, 0.5) is 4.79 Å². The van der Waals surface area contributed by atoms with Crippen molar-refractivity contribution in [3.05, 3.63) is 5.82 Å². The van der Waals surface area contributed by atoms with Crippen molar-refractivity contribution in [3.63, 3.8) is 0 Å². The molecule has 2 heterocycles. The fourth-order valence-corrected chi connectivity index (χ4v) is 1.96.